The third-order valence-electron chi connectivity index (χ3n) is 4.38. The van der Waals surface area contributed by atoms with E-state index in [2.05, 4.69) is 4.99 Å². The molecule has 1 aliphatic rings. The summed E-state index contributed by atoms with van der Waals surface area (Å²) >= 11 is 0. The van der Waals surface area contributed by atoms with Gasteiger partial charge >= 0.3 is 5.97 Å². The van der Waals surface area contributed by atoms with Gasteiger partial charge in [-0.2, -0.15) is 0 Å². The summed E-state index contributed by atoms with van der Waals surface area (Å²) in [6, 6.07) is 15.2. The van der Waals surface area contributed by atoms with E-state index in [1.165, 1.54) is 7.11 Å². The number of hydrogen-bond donors (Lipinski definition) is 1. The number of nitrogens with zero attached hydrogens (tertiary/aromatic N) is 1. The molecule has 144 valence electrons. The number of ether oxygens (including phenoxy) is 2. The van der Waals surface area contributed by atoms with E-state index in [9.17, 15) is 9.90 Å². The van der Waals surface area contributed by atoms with Crippen molar-refractivity contribution >= 4 is 12.2 Å². The van der Waals surface area contributed by atoms with Crippen LogP contribution >= 0.6 is 0 Å². The highest BCUT2D eigenvalue weighted by Crippen LogP contribution is 2.24. The van der Waals surface area contributed by atoms with Gasteiger partial charge in [0.25, 0.3) is 0 Å². The van der Waals surface area contributed by atoms with Gasteiger partial charge in [0.1, 0.15) is 0 Å². The number of benzene rings is 2. The molecule has 0 radical (unpaired) electrons. The van der Waals surface area contributed by atoms with Crippen LogP contribution in [0.2, 0.25) is 0 Å². The normalized spacial score (nSPS) is 18.9. The smallest absolute Gasteiger partial charge is 0.337 e. The number of methoxy groups -OCH3 is 1. The molecule has 0 aromatic heterocycles. The number of aliphatic hydroxyl groups is 1. The highest BCUT2D eigenvalue weighted by Gasteiger charge is 2.24. The summed E-state index contributed by atoms with van der Waals surface area (Å²) in [5.74, 6) is -1.60. The Kier molecular flexibility index (Phi) is 6.19. The minimum absolute atomic E-state index is 0.359. The quantitative estimate of drug-likeness (QED) is 0.467. The van der Waals surface area contributed by atoms with Gasteiger partial charge in [-0.1, -0.05) is 36.4 Å². The molecule has 0 heterocycles. The van der Waals surface area contributed by atoms with E-state index < -0.39 is 5.79 Å². The lowest BCUT2D eigenvalue weighted by atomic mass is 10.0. The van der Waals surface area contributed by atoms with Gasteiger partial charge in [-0.3, -0.25) is 4.99 Å². The first-order valence-corrected chi connectivity index (χ1v) is 9.11. The van der Waals surface area contributed by atoms with Gasteiger partial charge in [-0.15, -0.1) is 0 Å². The van der Waals surface area contributed by atoms with E-state index in [1.54, 1.807) is 24.4 Å². The summed E-state index contributed by atoms with van der Waals surface area (Å²) in [5, 5.41) is 10.2. The maximum Gasteiger partial charge on any atom is 0.337 e. The first kappa shape index (κ1) is 19.7. The maximum absolute atomic E-state index is 11.7. The van der Waals surface area contributed by atoms with Gasteiger partial charge in [0.2, 0.25) is 0 Å². The molecular formula is C23H23NO4. The summed E-state index contributed by atoms with van der Waals surface area (Å²) in [7, 11) is 1.37. The number of esters is 1. The van der Waals surface area contributed by atoms with Crippen molar-refractivity contribution in [3.63, 3.8) is 0 Å². The Morgan fingerprint density at radius 2 is 1.96 bits per heavy atom. The van der Waals surface area contributed by atoms with E-state index in [0.717, 1.165) is 22.4 Å². The monoisotopic (exact) mass is 377 g/mol. The average molecular weight is 377 g/mol. The van der Waals surface area contributed by atoms with Crippen LogP contribution in [0.25, 0.3) is 11.1 Å². The maximum atomic E-state index is 11.7. The molecule has 5 heteroatoms. The summed E-state index contributed by atoms with van der Waals surface area (Å²) in [5.41, 5.74) is 4.12. The first-order chi connectivity index (χ1) is 13.5. The van der Waals surface area contributed by atoms with E-state index in [0.29, 0.717) is 18.6 Å². The van der Waals surface area contributed by atoms with Gasteiger partial charge in [0.15, 0.2) is 5.79 Å². The predicted octanol–water partition coefficient (Wildman–Crippen LogP) is 4.13. The van der Waals surface area contributed by atoms with Crippen molar-refractivity contribution in [2.75, 3.05) is 13.7 Å². The third kappa shape index (κ3) is 4.82. The van der Waals surface area contributed by atoms with Gasteiger partial charge in [-0.25, -0.2) is 4.79 Å². The van der Waals surface area contributed by atoms with Crippen LogP contribution in [0.15, 0.2) is 77.4 Å². The molecule has 1 aliphatic carbocycles. The fourth-order valence-corrected chi connectivity index (χ4v) is 2.95. The molecule has 0 saturated heterocycles. The van der Waals surface area contributed by atoms with Crippen LogP contribution in [-0.2, 0) is 9.47 Å². The minimum Gasteiger partial charge on any atom is -0.465 e. The molecular weight excluding hydrogens is 354 g/mol. The van der Waals surface area contributed by atoms with Crippen molar-refractivity contribution in [3.8, 4) is 11.1 Å². The highest BCUT2D eigenvalue weighted by atomic mass is 16.6. The molecule has 2 aromatic carbocycles. The Hall–Kier alpha value is -3.02. The van der Waals surface area contributed by atoms with Crippen molar-refractivity contribution in [1.82, 2.24) is 0 Å². The number of hydrogen-bond acceptors (Lipinski definition) is 5. The van der Waals surface area contributed by atoms with Crippen LogP contribution in [0.5, 0.6) is 0 Å². The van der Waals surface area contributed by atoms with Crippen molar-refractivity contribution in [1.29, 1.82) is 0 Å². The van der Waals surface area contributed by atoms with Gasteiger partial charge in [0, 0.05) is 19.2 Å². The topological polar surface area (TPSA) is 68.1 Å². The molecule has 0 saturated carbocycles. The molecule has 28 heavy (non-hydrogen) atoms. The molecule has 0 bridgehead atoms. The molecule has 1 unspecified atom stereocenters. The van der Waals surface area contributed by atoms with Crippen molar-refractivity contribution in [3.05, 3.63) is 83.6 Å². The fraction of sp³-hybridized carbons (Fsp3) is 0.217. The Labute approximate surface area is 164 Å². The van der Waals surface area contributed by atoms with Gasteiger partial charge in [-0.05, 0) is 54.0 Å². The zero-order valence-electron chi connectivity index (χ0n) is 16.0. The molecule has 2 aromatic rings. The summed E-state index contributed by atoms with van der Waals surface area (Å²) in [4.78, 5) is 16.2. The molecule has 1 atom stereocenters. The lowest BCUT2D eigenvalue weighted by Crippen LogP contribution is -2.30. The standard InChI is InChI=1S/C23H23NO4/c1-3-28-23(26)12-10-21(11-13-23)24-16-17-6-4-7-18(14-17)19-8-5-9-20(15-19)22(25)27-2/h4-12,14-16,26H,3,13H2,1-2H3. The number of carbonyl (C=O) groups is 1. The number of allylic oxidation sites excluding steroid dienone is 1. The first-order valence-electron chi connectivity index (χ1n) is 9.11. The van der Waals surface area contributed by atoms with Crippen LogP contribution in [0.4, 0.5) is 0 Å². The van der Waals surface area contributed by atoms with E-state index >= 15 is 0 Å². The number of rotatable bonds is 6. The Balaban J connectivity index is 1.76. The molecule has 0 aliphatic heterocycles. The highest BCUT2D eigenvalue weighted by molar-refractivity contribution is 5.91. The van der Waals surface area contributed by atoms with Crippen molar-refractivity contribution in [2.24, 2.45) is 4.99 Å². The average Bonchev–Trinajstić information content (AvgIpc) is 2.73. The van der Waals surface area contributed by atoms with Crippen LogP contribution in [-0.4, -0.2) is 36.8 Å². The SMILES string of the molecule is CCOC1(O)C=CC(N=Cc2cccc(-c3cccc(C(=O)OC)c3)c2)=CC1. The van der Waals surface area contributed by atoms with Gasteiger partial charge in [0.05, 0.1) is 18.4 Å². The minimum atomic E-state index is -1.24. The fourth-order valence-electron chi connectivity index (χ4n) is 2.95. The van der Waals surface area contributed by atoms with Crippen LogP contribution in [0.1, 0.15) is 29.3 Å². The van der Waals surface area contributed by atoms with Crippen LogP contribution in [0.3, 0.4) is 0 Å². The largest absolute Gasteiger partial charge is 0.465 e. The molecule has 5 nitrogen and oxygen atoms in total. The molecule has 0 fully saturated rings. The number of aliphatic imine (C=N–C) groups is 1. The van der Waals surface area contributed by atoms with Crippen molar-refractivity contribution in [2.45, 2.75) is 19.1 Å². The molecule has 3 rings (SSSR count). The Bertz CT molecular complexity index is 945. The molecule has 0 amide bonds. The summed E-state index contributed by atoms with van der Waals surface area (Å²) in [6.07, 6.45) is 7.35. The summed E-state index contributed by atoms with van der Waals surface area (Å²) in [6.45, 7) is 2.29. The summed E-state index contributed by atoms with van der Waals surface area (Å²) < 4.78 is 10.1. The van der Waals surface area contributed by atoms with Crippen LogP contribution < -0.4 is 0 Å². The second kappa shape index (κ2) is 8.78. The second-order valence-electron chi connectivity index (χ2n) is 6.40. The zero-order chi connectivity index (χ0) is 20.0. The number of carbonyl (C=O) groups excluding carboxylic acids is 1. The zero-order valence-corrected chi connectivity index (χ0v) is 16.0. The lowest BCUT2D eigenvalue weighted by molar-refractivity contribution is -0.161. The lowest BCUT2D eigenvalue weighted by Gasteiger charge is -2.25. The van der Waals surface area contributed by atoms with E-state index in [1.807, 2.05) is 55.5 Å². The Morgan fingerprint density at radius 3 is 2.64 bits per heavy atom. The molecule has 0 spiro atoms. The Morgan fingerprint density at radius 1 is 1.21 bits per heavy atom. The van der Waals surface area contributed by atoms with Crippen LogP contribution in [0, 0.1) is 0 Å². The molecule has 1 N–H and O–H groups in total. The van der Waals surface area contributed by atoms with Crippen molar-refractivity contribution < 1.29 is 19.4 Å². The van der Waals surface area contributed by atoms with Gasteiger partial charge < -0.3 is 14.6 Å². The second-order valence-corrected chi connectivity index (χ2v) is 6.40. The van der Waals surface area contributed by atoms with E-state index in [4.69, 9.17) is 9.47 Å². The third-order valence-corrected chi connectivity index (χ3v) is 4.38. The van der Waals surface area contributed by atoms with E-state index in [-0.39, 0.29) is 5.97 Å². The predicted molar refractivity (Wildman–Crippen MR) is 109 cm³/mol.